The molecule has 9 heteroatoms. The molecule has 2 aromatic rings. The maximum absolute atomic E-state index is 13.0. The number of nitro benzene ring substituents is 1. The van der Waals surface area contributed by atoms with Crippen LogP contribution in [0.1, 0.15) is 46.0 Å². The smallest absolute Gasteiger partial charge is 0.339 e. The minimum atomic E-state index is -0.982. The number of nitrogens with one attached hydrogen (secondary N) is 1. The van der Waals surface area contributed by atoms with Crippen LogP contribution in [0.25, 0.3) is 0 Å². The molecule has 0 saturated carbocycles. The number of likely N-dealkylation sites (tertiary alicyclic amines) is 1. The molecule has 162 valence electrons. The van der Waals surface area contributed by atoms with Gasteiger partial charge in [0, 0.05) is 37.3 Å². The Bertz CT molecular complexity index is 1030. The van der Waals surface area contributed by atoms with Gasteiger partial charge in [-0.15, -0.1) is 0 Å². The number of esters is 1. The van der Waals surface area contributed by atoms with Crippen LogP contribution in [0.2, 0.25) is 0 Å². The quantitative estimate of drug-likeness (QED) is 0.313. The van der Waals surface area contributed by atoms with E-state index < -0.39 is 22.8 Å². The largest absolute Gasteiger partial charge is 0.449 e. The van der Waals surface area contributed by atoms with E-state index in [2.05, 4.69) is 5.32 Å². The number of hydrogen-bond acceptors (Lipinski definition) is 7. The molecule has 0 unspecified atom stereocenters. The maximum Gasteiger partial charge on any atom is 0.339 e. The predicted molar refractivity (Wildman–Crippen MR) is 113 cm³/mol. The van der Waals surface area contributed by atoms with Gasteiger partial charge < -0.3 is 15.0 Å². The number of benzene rings is 2. The third-order valence-electron chi connectivity index (χ3n) is 5.17. The first-order chi connectivity index (χ1) is 14.8. The lowest BCUT2D eigenvalue weighted by molar-refractivity contribution is -0.384. The van der Waals surface area contributed by atoms with Crippen molar-refractivity contribution in [2.75, 3.05) is 25.5 Å². The summed E-state index contributed by atoms with van der Waals surface area (Å²) in [5.41, 5.74) is 0.114. The number of rotatable bonds is 7. The van der Waals surface area contributed by atoms with Gasteiger partial charge in [-0.1, -0.05) is 18.2 Å². The van der Waals surface area contributed by atoms with Gasteiger partial charge in [0.05, 0.1) is 10.5 Å². The van der Waals surface area contributed by atoms with E-state index in [1.165, 1.54) is 31.2 Å². The normalized spacial score (nSPS) is 14.1. The van der Waals surface area contributed by atoms with Gasteiger partial charge >= 0.3 is 5.97 Å². The van der Waals surface area contributed by atoms with Crippen LogP contribution in [-0.4, -0.2) is 53.7 Å². The Hall–Kier alpha value is -3.75. The SMILES string of the molecule is CNc1ccc(C(=O)c2ccccc2C(=O)O[C@@H](C)C(=O)N2CCCC2)cc1[N+](=O)[O-]. The number of ketones is 1. The summed E-state index contributed by atoms with van der Waals surface area (Å²) in [7, 11) is 1.54. The minimum absolute atomic E-state index is 0.00563. The van der Waals surface area contributed by atoms with Crippen LogP contribution in [0.4, 0.5) is 11.4 Å². The van der Waals surface area contributed by atoms with E-state index in [0.717, 1.165) is 18.9 Å². The maximum atomic E-state index is 13.0. The molecule has 1 amide bonds. The highest BCUT2D eigenvalue weighted by atomic mass is 16.6. The van der Waals surface area contributed by atoms with Crippen LogP contribution in [0.3, 0.4) is 0 Å². The number of amides is 1. The minimum Gasteiger partial charge on any atom is -0.449 e. The molecule has 1 N–H and O–H groups in total. The van der Waals surface area contributed by atoms with Crippen LogP contribution >= 0.6 is 0 Å². The number of nitrogens with zero attached hydrogens (tertiary/aromatic N) is 2. The molecule has 0 aliphatic carbocycles. The fourth-order valence-electron chi connectivity index (χ4n) is 3.52. The standard InChI is InChI=1S/C22H23N3O6/c1-14(21(27)24-11-5-6-12-24)31-22(28)17-8-4-3-7-16(17)20(26)15-9-10-18(23-2)19(13-15)25(29)30/h3-4,7-10,13-14,23H,5-6,11-12H2,1-2H3/t14-/m0/s1. The van der Waals surface area contributed by atoms with Gasteiger partial charge in [-0.2, -0.15) is 0 Å². The summed E-state index contributed by atoms with van der Waals surface area (Å²) in [6.45, 7) is 2.77. The summed E-state index contributed by atoms with van der Waals surface area (Å²) in [5, 5.41) is 14.0. The molecule has 0 spiro atoms. The van der Waals surface area contributed by atoms with Crippen molar-refractivity contribution < 1.29 is 24.0 Å². The monoisotopic (exact) mass is 425 g/mol. The molecule has 0 aromatic heterocycles. The van der Waals surface area contributed by atoms with Gasteiger partial charge in [-0.05, 0) is 38.0 Å². The summed E-state index contributed by atoms with van der Waals surface area (Å²) in [5.74, 6) is -1.63. The zero-order valence-electron chi connectivity index (χ0n) is 17.3. The molecule has 1 aliphatic rings. The molecule has 9 nitrogen and oxygen atoms in total. The highest BCUT2D eigenvalue weighted by molar-refractivity contribution is 6.15. The topological polar surface area (TPSA) is 119 Å². The van der Waals surface area contributed by atoms with Crippen molar-refractivity contribution in [1.29, 1.82) is 0 Å². The van der Waals surface area contributed by atoms with Crippen molar-refractivity contribution in [1.82, 2.24) is 4.90 Å². The number of carbonyl (C=O) groups excluding carboxylic acids is 3. The Morgan fingerprint density at radius 3 is 2.35 bits per heavy atom. The fraction of sp³-hybridized carbons (Fsp3) is 0.318. The highest BCUT2D eigenvalue weighted by Gasteiger charge is 2.28. The Balaban J connectivity index is 1.85. The Morgan fingerprint density at radius 2 is 1.74 bits per heavy atom. The lowest BCUT2D eigenvalue weighted by Gasteiger charge is -2.20. The zero-order chi connectivity index (χ0) is 22.5. The summed E-state index contributed by atoms with van der Waals surface area (Å²) in [6.07, 6.45) is 0.856. The molecule has 1 atom stereocenters. The zero-order valence-corrected chi connectivity index (χ0v) is 17.3. The molecule has 1 fully saturated rings. The molecule has 2 aromatic carbocycles. The number of ether oxygens (including phenoxy) is 1. The van der Waals surface area contributed by atoms with Crippen molar-refractivity contribution in [2.45, 2.75) is 25.9 Å². The predicted octanol–water partition coefficient (Wildman–Crippen LogP) is 3.04. The van der Waals surface area contributed by atoms with Crippen LogP contribution in [-0.2, 0) is 9.53 Å². The fourth-order valence-corrected chi connectivity index (χ4v) is 3.52. The Kier molecular flexibility index (Phi) is 6.64. The molecule has 0 bridgehead atoms. The highest BCUT2D eigenvalue weighted by Crippen LogP contribution is 2.27. The van der Waals surface area contributed by atoms with Crippen LogP contribution < -0.4 is 5.32 Å². The van der Waals surface area contributed by atoms with E-state index in [0.29, 0.717) is 13.1 Å². The average Bonchev–Trinajstić information content (AvgIpc) is 3.32. The van der Waals surface area contributed by atoms with Gasteiger partial charge in [-0.25, -0.2) is 4.79 Å². The molecule has 31 heavy (non-hydrogen) atoms. The van der Waals surface area contributed by atoms with Crippen molar-refractivity contribution in [3.63, 3.8) is 0 Å². The van der Waals surface area contributed by atoms with E-state index in [-0.39, 0.29) is 34.0 Å². The van der Waals surface area contributed by atoms with Gasteiger partial charge in [0.15, 0.2) is 11.9 Å². The number of anilines is 1. The lowest BCUT2D eigenvalue weighted by Crippen LogP contribution is -2.38. The van der Waals surface area contributed by atoms with E-state index in [1.807, 2.05) is 0 Å². The number of hydrogen-bond donors (Lipinski definition) is 1. The van der Waals surface area contributed by atoms with Crippen LogP contribution in [0, 0.1) is 10.1 Å². The number of nitro groups is 1. The first kappa shape index (κ1) is 21.9. The number of carbonyl (C=O) groups is 3. The first-order valence-corrected chi connectivity index (χ1v) is 9.93. The summed E-state index contributed by atoms with van der Waals surface area (Å²) in [4.78, 5) is 50.6. The molecular formula is C22H23N3O6. The second kappa shape index (κ2) is 9.38. The summed E-state index contributed by atoms with van der Waals surface area (Å²) < 4.78 is 5.34. The van der Waals surface area contributed by atoms with Crippen molar-refractivity contribution in [3.05, 3.63) is 69.3 Å². The van der Waals surface area contributed by atoms with E-state index >= 15 is 0 Å². The van der Waals surface area contributed by atoms with E-state index in [9.17, 15) is 24.5 Å². The molecule has 1 heterocycles. The molecule has 3 rings (SSSR count). The molecule has 1 saturated heterocycles. The summed E-state index contributed by atoms with van der Waals surface area (Å²) in [6, 6.07) is 10.1. The van der Waals surface area contributed by atoms with Crippen LogP contribution in [0.15, 0.2) is 42.5 Å². The van der Waals surface area contributed by atoms with Gasteiger partial charge in [0.25, 0.3) is 11.6 Å². The lowest BCUT2D eigenvalue weighted by atomic mass is 9.97. The third kappa shape index (κ3) is 4.71. The van der Waals surface area contributed by atoms with Gasteiger partial charge in [0.1, 0.15) is 5.69 Å². The summed E-state index contributed by atoms with van der Waals surface area (Å²) >= 11 is 0. The Labute approximate surface area is 179 Å². The van der Waals surface area contributed by atoms with Crippen molar-refractivity contribution >= 4 is 29.0 Å². The van der Waals surface area contributed by atoms with Crippen molar-refractivity contribution in [3.8, 4) is 0 Å². The van der Waals surface area contributed by atoms with Crippen molar-refractivity contribution in [2.24, 2.45) is 0 Å². The molecule has 0 radical (unpaired) electrons. The third-order valence-corrected chi connectivity index (χ3v) is 5.17. The van der Waals surface area contributed by atoms with E-state index in [1.54, 1.807) is 24.1 Å². The Morgan fingerprint density at radius 1 is 1.10 bits per heavy atom. The average molecular weight is 425 g/mol. The van der Waals surface area contributed by atoms with E-state index in [4.69, 9.17) is 4.74 Å². The first-order valence-electron chi connectivity index (χ1n) is 9.93. The second-order valence-corrected chi connectivity index (χ2v) is 7.19. The van der Waals surface area contributed by atoms with Crippen LogP contribution in [0.5, 0.6) is 0 Å². The van der Waals surface area contributed by atoms with Gasteiger partial charge in [-0.3, -0.25) is 19.7 Å². The second-order valence-electron chi connectivity index (χ2n) is 7.19. The molecular weight excluding hydrogens is 402 g/mol. The van der Waals surface area contributed by atoms with Gasteiger partial charge in [0.2, 0.25) is 0 Å². The molecule has 1 aliphatic heterocycles.